The molecule has 6 nitrogen and oxygen atoms in total. The summed E-state index contributed by atoms with van der Waals surface area (Å²) >= 11 is 13.1. The molecule has 1 atom stereocenters. The Morgan fingerprint density at radius 2 is 1.83 bits per heavy atom. The molecular formula is C14H17Cl2N5OS. The van der Waals surface area contributed by atoms with Gasteiger partial charge < -0.3 is 11.2 Å². The standard InChI is InChI=1S/C14H17Cl2N5OS/c1-7(2)12-19-20-14(21(12)17)23-8(3)13(22)18-11-5-9(15)4-10(16)6-11/h4-8H,17H2,1-3H3,(H,18,22)/t8-/m1/s1. The number of aromatic nitrogens is 3. The molecule has 0 aliphatic carbocycles. The van der Waals surface area contributed by atoms with E-state index >= 15 is 0 Å². The second-order valence-electron chi connectivity index (χ2n) is 5.27. The molecule has 0 aliphatic heterocycles. The Labute approximate surface area is 148 Å². The quantitative estimate of drug-likeness (QED) is 0.618. The van der Waals surface area contributed by atoms with Crippen LogP contribution in [0.1, 0.15) is 32.5 Å². The van der Waals surface area contributed by atoms with Gasteiger partial charge in [0.25, 0.3) is 0 Å². The number of nitrogens with one attached hydrogen (secondary N) is 1. The first-order chi connectivity index (χ1) is 10.8. The number of amides is 1. The van der Waals surface area contributed by atoms with Gasteiger partial charge in [-0.3, -0.25) is 4.79 Å². The van der Waals surface area contributed by atoms with Gasteiger partial charge in [-0.15, -0.1) is 10.2 Å². The Morgan fingerprint density at radius 1 is 1.22 bits per heavy atom. The van der Waals surface area contributed by atoms with E-state index in [9.17, 15) is 4.79 Å². The number of carbonyl (C=O) groups is 1. The summed E-state index contributed by atoms with van der Waals surface area (Å²) < 4.78 is 1.41. The summed E-state index contributed by atoms with van der Waals surface area (Å²) in [5, 5.41) is 11.8. The van der Waals surface area contributed by atoms with Gasteiger partial charge in [-0.2, -0.15) is 0 Å². The minimum absolute atomic E-state index is 0.152. The van der Waals surface area contributed by atoms with Crippen molar-refractivity contribution in [1.82, 2.24) is 14.9 Å². The maximum atomic E-state index is 12.3. The van der Waals surface area contributed by atoms with Crippen molar-refractivity contribution >= 4 is 46.6 Å². The predicted octanol–water partition coefficient (Wildman–Crippen LogP) is 3.54. The molecule has 0 fully saturated rings. The number of hydrogen-bond donors (Lipinski definition) is 2. The normalized spacial score (nSPS) is 12.4. The molecule has 1 aromatic carbocycles. The van der Waals surface area contributed by atoms with Crippen molar-refractivity contribution in [2.75, 3.05) is 11.2 Å². The van der Waals surface area contributed by atoms with Crippen LogP contribution in [0.15, 0.2) is 23.4 Å². The molecule has 2 aromatic rings. The van der Waals surface area contributed by atoms with E-state index < -0.39 is 5.25 Å². The summed E-state index contributed by atoms with van der Waals surface area (Å²) in [5.41, 5.74) is 0.539. The van der Waals surface area contributed by atoms with Crippen molar-refractivity contribution in [2.24, 2.45) is 0 Å². The molecule has 3 N–H and O–H groups in total. The van der Waals surface area contributed by atoms with Crippen molar-refractivity contribution in [3.63, 3.8) is 0 Å². The highest BCUT2D eigenvalue weighted by molar-refractivity contribution is 8.00. The fourth-order valence-electron chi connectivity index (χ4n) is 1.84. The zero-order valence-corrected chi connectivity index (χ0v) is 15.2. The lowest BCUT2D eigenvalue weighted by Gasteiger charge is -2.12. The average Bonchev–Trinajstić information content (AvgIpc) is 2.79. The first-order valence-corrected chi connectivity index (χ1v) is 8.55. The van der Waals surface area contributed by atoms with E-state index in [1.54, 1.807) is 25.1 Å². The van der Waals surface area contributed by atoms with Gasteiger partial charge in [0.1, 0.15) is 0 Å². The van der Waals surface area contributed by atoms with Gasteiger partial charge in [0.2, 0.25) is 11.1 Å². The molecule has 0 bridgehead atoms. The van der Waals surface area contributed by atoms with Crippen molar-refractivity contribution in [3.05, 3.63) is 34.1 Å². The van der Waals surface area contributed by atoms with Gasteiger partial charge >= 0.3 is 0 Å². The summed E-state index contributed by atoms with van der Waals surface area (Å²) in [6, 6.07) is 4.86. The van der Waals surface area contributed by atoms with E-state index in [0.717, 1.165) is 0 Å². The third-order valence-electron chi connectivity index (χ3n) is 2.99. The fourth-order valence-corrected chi connectivity index (χ4v) is 3.15. The molecule has 0 radical (unpaired) electrons. The van der Waals surface area contributed by atoms with E-state index in [2.05, 4.69) is 15.5 Å². The highest BCUT2D eigenvalue weighted by Crippen LogP contribution is 2.26. The van der Waals surface area contributed by atoms with Crippen LogP contribution >= 0.6 is 35.0 Å². The maximum Gasteiger partial charge on any atom is 0.237 e. The predicted molar refractivity (Wildman–Crippen MR) is 94.7 cm³/mol. The molecule has 1 amide bonds. The Balaban J connectivity index is 2.05. The van der Waals surface area contributed by atoms with Crippen LogP contribution in [0.3, 0.4) is 0 Å². The van der Waals surface area contributed by atoms with Crippen LogP contribution in [-0.4, -0.2) is 26.0 Å². The van der Waals surface area contributed by atoms with Gasteiger partial charge in [-0.1, -0.05) is 48.8 Å². The molecule has 1 heterocycles. The first-order valence-electron chi connectivity index (χ1n) is 6.92. The Kier molecular flexibility index (Phi) is 5.78. The van der Waals surface area contributed by atoms with Crippen LogP contribution in [0.25, 0.3) is 0 Å². The molecule has 0 saturated heterocycles. The molecular weight excluding hydrogens is 357 g/mol. The molecule has 0 spiro atoms. The van der Waals surface area contributed by atoms with Crippen LogP contribution in [0.4, 0.5) is 5.69 Å². The number of halogens is 2. The number of hydrogen-bond acceptors (Lipinski definition) is 5. The van der Waals surface area contributed by atoms with Gasteiger partial charge in [0.15, 0.2) is 5.82 Å². The maximum absolute atomic E-state index is 12.3. The van der Waals surface area contributed by atoms with Gasteiger partial charge in [0.05, 0.1) is 5.25 Å². The van der Waals surface area contributed by atoms with E-state index in [1.165, 1.54) is 16.4 Å². The van der Waals surface area contributed by atoms with Crippen molar-refractivity contribution in [1.29, 1.82) is 0 Å². The number of nitrogen functional groups attached to an aromatic ring is 1. The van der Waals surface area contributed by atoms with E-state index in [4.69, 9.17) is 29.0 Å². The summed E-state index contributed by atoms with van der Waals surface area (Å²) in [5.74, 6) is 6.56. The number of nitrogens with two attached hydrogens (primary N) is 1. The van der Waals surface area contributed by atoms with Crippen LogP contribution < -0.4 is 11.2 Å². The molecule has 2 rings (SSSR count). The second-order valence-corrected chi connectivity index (χ2v) is 7.45. The number of rotatable bonds is 5. The van der Waals surface area contributed by atoms with Gasteiger partial charge in [-0.25, -0.2) is 4.68 Å². The topological polar surface area (TPSA) is 85.8 Å². The minimum atomic E-state index is -0.417. The lowest BCUT2D eigenvalue weighted by Crippen LogP contribution is -2.24. The first kappa shape index (κ1) is 17.9. The molecule has 0 saturated carbocycles. The van der Waals surface area contributed by atoms with E-state index in [-0.39, 0.29) is 11.8 Å². The van der Waals surface area contributed by atoms with Crippen molar-refractivity contribution in [3.8, 4) is 0 Å². The van der Waals surface area contributed by atoms with Crippen molar-refractivity contribution < 1.29 is 4.79 Å². The second kappa shape index (κ2) is 7.42. The number of carbonyl (C=O) groups excluding carboxylic acids is 1. The summed E-state index contributed by atoms with van der Waals surface area (Å²) in [6.07, 6.45) is 0. The van der Waals surface area contributed by atoms with Crippen LogP contribution in [0.2, 0.25) is 10.0 Å². The van der Waals surface area contributed by atoms with E-state index in [1.807, 2.05) is 13.8 Å². The SMILES string of the molecule is CC(C)c1nnc(S[C@H](C)C(=O)Nc2cc(Cl)cc(Cl)c2)n1N. The Hall–Kier alpha value is -1.44. The number of thioether (sulfide) groups is 1. The van der Waals surface area contributed by atoms with Gasteiger partial charge in [0, 0.05) is 21.7 Å². The molecule has 23 heavy (non-hydrogen) atoms. The smallest absolute Gasteiger partial charge is 0.237 e. The van der Waals surface area contributed by atoms with E-state index in [0.29, 0.717) is 26.7 Å². The molecule has 1 aromatic heterocycles. The minimum Gasteiger partial charge on any atom is -0.336 e. The largest absolute Gasteiger partial charge is 0.336 e. The number of benzene rings is 1. The number of anilines is 1. The molecule has 124 valence electrons. The number of nitrogens with zero attached hydrogens (tertiary/aromatic N) is 3. The van der Waals surface area contributed by atoms with Crippen molar-refractivity contribution in [2.45, 2.75) is 37.1 Å². The summed E-state index contributed by atoms with van der Waals surface area (Å²) in [7, 11) is 0. The molecule has 0 unspecified atom stereocenters. The fraction of sp³-hybridized carbons (Fsp3) is 0.357. The zero-order chi connectivity index (χ0) is 17.1. The Morgan fingerprint density at radius 3 is 2.35 bits per heavy atom. The molecule has 9 heteroatoms. The van der Waals surface area contributed by atoms with Gasteiger partial charge in [-0.05, 0) is 25.1 Å². The Bertz CT molecular complexity index is 699. The average molecular weight is 374 g/mol. The van der Waals surface area contributed by atoms with Crippen LogP contribution in [0.5, 0.6) is 0 Å². The monoisotopic (exact) mass is 373 g/mol. The highest BCUT2D eigenvalue weighted by atomic mass is 35.5. The lowest BCUT2D eigenvalue weighted by molar-refractivity contribution is -0.115. The highest BCUT2D eigenvalue weighted by Gasteiger charge is 2.20. The summed E-state index contributed by atoms with van der Waals surface area (Å²) in [6.45, 7) is 5.71. The van der Waals surface area contributed by atoms with Crippen LogP contribution in [0, 0.1) is 0 Å². The third-order valence-corrected chi connectivity index (χ3v) is 4.48. The zero-order valence-electron chi connectivity index (χ0n) is 12.9. The summed E-state index contributed by atoms with van der Waals surface area (Å²) in [4.78, 5) is 12.3. The third kappa shape index (κ3) is 4.53. The molecule has 0 aliphatic rings. The van der Waals surface area contributed by atoms with Crippen LogP contribution in [-0.2, 0) is 4.79 Å². The lowest BCUT2D eigenvalue weighted by atomic mass is 10.2.